The highest BCUT2D eigenvalue weighted by molar-refractivity contribution is 5.96. The molecule has 236 valence electrons. The normalized spacial score (nSPS) is 18.8. The summed E-state index contributed by atoms with van der Waals surface area (Å²) in [5.74, 6) is 0.547. The smallest absolute Gasteiger partial charge is 0.254 e. The van der Waals surface area contributed by atoms with Crippen LogP contribution in [0.15, 0.2) is 72.8 Å². The summed E-state index contributed by atoms with van der Waals surface area (Å²) >= 11 is 0. The first kappa shape index (κ1) is 31.0. The van der Waals surface area contributed by atoms with Gasteiger partial charge in [0.1, 0.15) is 0 Å². The van der Waals surface area contributed by atoms with Crippen LogP contribution in [0, 0.1) is 11.8 Å². The van der Waals surface area contributed by atoms with Crippen molar-refractivity contribution in [2.24, 2.45) is 11.8 Å². The van der Waals surface area contributed by atoms with Crippen molar-refractivity contribution in [1.82, 2.24) is 24.6 Å². The summed E-state index contributed by atoms with van der Waals surface area (Å²) in [6, 6.07) is 24.4. The molecule has 2 aromatic carbocycles. The number of piperazine rings is 1. The number of piperidine rings is 2. The van der Waals surface area contributed by atoms with Gasteiger partial charge >= 0.3 is 0 Å². The summed E-state index contributed by atoms with van der Waals surface area (Å²) < 4.78 is 0. The largest absolute Gasteiger partial charge is 0.342 e. The van der Waals surface area contributed by atoms with Crippen LogP contribution in [-0.2, 0) is 9.59 Å². The van der Waals surface area contributed by atoms with Crippen LogP contribution >= 0.6 is 0 Å². The standard InChI is InChI=1S/C37H45N5O3/c1-27(2)35(43)40-17-13-30(14-18-40)36(44)41-19-15-32(16-20-41)39-21-23-42(24-22-39)37(45)31-25-33(28-9-5-3-6-10-28)38-34(26-31)29-11-7-4-8-12-29/h3-12,25-27,30,32H,13-24H2,1-2H3. The molecule has 3 aromatic rings. The third-order valence-electron chi connectivity index (χ3n) is 9.76. The molecule has 3 aliphatic rings. The molecule has 0 aliphatic carbocycles. The monoisotopic (exact) mass is 607 g/mol. The lowest BCUT2D eigenvalue weighted by molar-refractivity contribution is -0.143. The Balaban J connectivity index is 1.03. The number of pyridine rings is 1. The predicted molar refractivity (Wildman–Crippen MR) is 176 cm³/mol. The summed E-state index contributed by atoms with van der Waals surface area (Å²) in [5, 5.41) is 0. The molecule has 1 aromatic heterocycles. The molecule has 0 saturated carbocycles. The number of hydrogen-bond acceptors (Lipinski definition) is 5. The van der Waals surface area contributed by atoms with Crippen molar-refractivity contribution < 1.29 is 14.4 Å². The fourth-order valence-corrected chi connectivity index (χ4v) is 7.06. The van der Waals surface area contributed by atoms with E-state index in [0.29, 0.717) is 37.8 Å². The third-order valence-corrected chi connectivity index (χ3v) is 9.76. The van der Waals surface area contributed by atoms with E-state index in [1.807, 2.05) is 96.4 Å². The molecule has 3 fully saturated rings. The number of amides is 3. The van der Waals surface area contributed by atoms with Crippen molar-refractivity contribution >= 4 is 17.7 Å². The van der Waals surface area contributed by atoms with Gasteiger partial charge in [-0.2, -0.15) is 0 Å². The number of carbonyl (C=O) groups excluding carboxylic acids is 3. The van der Waals surface area contributed by atoms with E-state index in [4.69, 9.17) is 4.98 Å². The topological polar surface area (TPSA) is 77.1 Å². The number of rotatable bonds is 6. The highest BCUT2D eigenvalue weighted by Crippen LogP contribution is 2.27. The average molecular weight is 608 g/mol. The Morgan fingerprint density at radius 1 is 0.644 bits per heavy atom. The van der Waals surface area contributed by atoms with Gasteiger partial charge in [-0.25, -0.2) is 4.98 Å². The van der Waals surface area contributed by atoms with Crippen molar-refractivity contribution in [3.63, 3.8) is 0 Å². The van der Waals surface area contributed by atoms with Gasteiger partial charge in [0.25, 0.3) is 5.91 Å². The zero-order valence-corrected chi connectivity index (χ0v) is 26.6. The number of nitrogens with zero attached hydrogens (tertiary/aromatic N) is 5. The Kier molecular flexibility index (Phi) is 9.59. The summed E-state index contributed by atoms with van der Waals surface area (Å²) in [4.78, 5) is 52.8. The van der Waals surface area contributed by atoms with Gasteiger partial charge in [-0.1, -0.05) is 74.5 Å². The lowest BCUT2D eigenvalue weighted by Gasteiger charge is -2.43. The van der Waals surface area contributed by atoms with E-state index in [9.17, 15) is 14.4 Å². The summed E-state index contributed by atoms with van der Waals surface area (Å²) in [6.07, 6.45) is 3.47. The number of benzene rings is 2. The fraction of sp³-hybridized carbons (Fsp3) is 0.459. The first-order chi connectivity index (χ1) is 21.9. The Morgan fingerprint density at radius 2 is 1.16 bits per heavy atom. The second-order valence-electron chi connectivity index (χ2n) is 13.0. The molecule has 3 aliphatic heterocycles. The van der Waals surface area contributed by atoms with Gasteiger partial charge in [0.15, 0.2) is 0 Å². The molecule has 0 unspecified atom stereocenters. The second kappa shape index (κ2) is 13.9. The van der Waals surface area contributed by atoms with Crippen LogP contribution in [0.4, 0.5) is 0 Å². The molecule has 0 atom stereocenters. The van der Waals surface area contributed by atoms with Crippen molar-refractivity contribution in [1.29, 1.82) is 0 Å². The van der Waals surface area contributed by atoms with E-state index in [0.717, 1.165) is 74.4 Å². The Bertz CT molecular complexity index is 1410. The zero-order chi connectivity index (χ0) is 31.3. The van der Waals surface area contributed by atoms with Gasteiger partial charge in [0.05, 0.1) is 11.4 Å². The van der Waals surface area contributed by atoms with E-state index in [1.54, 1.807) is 0 Å². The fourth-order valence-electron chi connectivity index (χ4n) is 7.06. The van der Waals surface area contributed by atoms with Crippen molar-refractivity contribution in [2.75, 3.05) is 52.4 Å². The van der Waals surface area contributed by atoms with E-state index >= 15 is 0 Å². The molecule has 8 nitrogen and oxygen atoms in total. The minimum absolute atomic E-state index is 0.00639. The maximum Gasteiger partial charge on any atom is 0.254 e. The van der Waals surface area contributed by atoms with Gasteiger partial charge in [0.2, 0.25) is 11.8 Å². The molecule has 4 heterocycles. The molecule has 45 heavy (non-hydrogen) atoms. The van der Waals surface area contributed by atoms with Crippen molar-refractivity contribution in [3.8, 4) is 22.5 Å². The minimum Gasteiger partial charge on any atom is -0.342 e. The van der Waals surface area contributed by atoms with Crippen LogP contribution in [0.25, 0.3) is 22.5 Å². The SMILES string of the molecule is CC(C)C(=O)N1CCC(C(=O)N2CCC(N3CCN(C(=O)c4cc(-c5ccccc5)nc(-c5ccccc5)c4)CC3)CC2)CC1. The minimum atomic E-state index is 0.00639. The van der Waals surface area contributed by atoms with Crippen LogP contribution < -0.4 is 0 Å². The quantitative estimate of drug-likeness (QED) is 0.392. The van der Waals surface area contributed by atoms with E-state index in [2.05, 4.69) is 9.80 Å². The maximum atomic E-state index is 13.8. The third kappa shape index (κ3) is 7.12. The average Bonchev–Trinajstić information content (AvgIpc) is 3.11. The molecule has 0 N–H and O–H groups in total. The molecule has 8 heteroatoms. The van der Waals surface area contributed by atoms with Crippen molar-refractivity contribution in [3.05, 3.63) is 78.4 Å². The molecule has 3 amide bonds. The number of aromatic nitrogens is 1. The Morgan fingerprint density at radius 3 is 1.67 bits per heavy atom. The van der Waals surface area contributed by atoms with Crippen molar-refractivity contribution in [2.45, 2.75) is 45.6 Å². The molecular weight excluding hydrogens is 562 g/mol. The summed E-state index contributed by atoms with van der Waals surface area (Å²) in [7, 11) is 0. The van der Waals surface area contributed by atoms with Gasteiger partial charge in [0, 0.05) is 86.9 Å². The number of likely N-dealkylation sites (tertiary alicyclic amines) is 2. The highest BCUT2D eigenvalue weighted by Gasteiger charge is 2.34. The zero-order valence-electron chi connectivity index (χ0n) is 26.6. The van der Waals surface area contributed by atoms with Crippen LogP contribution in [0.1, 0.15) is 49.9 Å². The summed E-state index contributed by atoms with van der Waals surface area (Å²) in [6.45, 7) is 9.89. The predicted octanol–water partition coefficient (Wildman–Crippen LogP) is 5.06. The van der Waals surface area contributed by atoms with Crippen LogP contribution in [0.2, 0.25) is 0 Å². The highest BCUT2D eigenvalue weighted by atomic mass is 16.2. The first-order valence-electron chi connectivity index (χ1n) is 16.6. The lowest BCUT2D eigenvalue weighted by Crippen LogP contribution is -2.55. The number of carbonyl (C=O) groups is 3. The van der Waals surface area contributed by atoms with E-state index in [1.165, 1.54) is 0 Å². The van der Waals surface area contributed by atoms with Crippen LogP contribution in [-0.4, -0.2) is 101 Å². The lowest BCUT2D eigenvalue weighted by atomic mass is 9.93. The van der Waals surface area contributed by atoms with E-state index < -0.39 is 0 Å². The summed E-state index contributed by atoms with van der Waals surface area (Å²) in [5.41, 5.74) is 4.25. The van der Waals surface area contributed by atoms with Gasteiger partial charge in [-0.3, -0.25) is 19.3 Å². The Labute approximate surface area is 267 Å². The van der Waals surface area contributed by atoms with Gasteiger partial charge in [-0.05, 0) is 37.8 Å². The van der Waals surface area contributed by atoms with E-state index in [-0.39, 0.29) is 29.6 Å². The molecule has 0 spiro atoms. The molecular formula is C37H45N5O3. The molecule has 6 rings (SSSR count). The molecule has 0 bridgehead atoms. The molecule has 3 saturated heterocycles. The van der Waals surface area contributed by atoms with Gasteiger partial charge < -0.3 is 14.7 Å². The molecule has 0 radical (unpaired) electrons. The number of hydrogen-bond donors (Lipinski definition) is 0. The van der Waals surface area contributed by atoms with Crippen LogP contribution in [0.5, 0.6) is 0 Å². The second-order valence-corrected chi connectivity index (χ2v) is 13.0. The first-order valence-corrected chi connectivity index (χ1v) is 16.6. The maximum absolute atomic E-state index is 13.8. The Hall–Kier alpha value is -4.04. The van der Waals surface area contributed by atoms with Crippen LogP contribution in [0.3, 0.4) is 0 Å². The van der Waals surface area contributed by atoms with Gasteiger partial charge in [-0.15, -0.1) is 0 Å².